The third kappa shape index (κ3) is 4.34. The minimum atomic E-state index is -1.01. The minimum absolute atomic E-state index is 0.0712. The van der Waals surface area contributed by atoms with Crippen molar-refractivity contribution in [1.29, 1.82) is 0 Å². The molecule has 2 rings (SSSR count). The van der Waals surface area contributed by atoms with Crippen LogP contribution in [0.25, 0.3) is 0 Å². The number of hydrogen-bond donors (Lipinski definition) is 2. The lowest BCUT2D eigenvalue weighted by atomic mass is 9.81. The summed E-state index contributed by atoms with van der Waals surface area (Å²) in [4.78, 5) is 38.0. The van der Waals surface area contributed by atoms with Gasteiger partial charge in [-0.3, -0.25) is 14.4 Å². The van der Waals surface area contributed by atoms with Gasteiger partial charge in [0.2, 0.25) is 0 Å². The summed E-state index contributed by atoms with van der Waals surface area (Å²) in [5.41, 5.74) is 1.07. The van der Waals surface area contributed by atoms with Crippen molar-refractivity contribution in [2.75, 3.05) is 0 Å². The van der Waals surface area contributed by atoms with Crippen molar-refractivity contribution in [3.63, 3.8) is 0 Å². The van der Waals surface area contributed by atoms with Crippen LogP contribution in [-0.4, -0.2) is 27.7 Å². The van der Waals surface area contributed by atoms with Crippen LogP contribution in [0.4, 0.5) is 0 Å². The Morgan fingerprint density at radius 1 is 1.04 bits per heavy atom. The minimum Gasteiger partial charge on any atom is -0.507 e. The zero-order valence-corrected chi connectivity index (χ0v) is 15.7. The van der Waals surface area contributed by atoms with E-state index in [0.29, 0.717) is 0 Å². The van der Waals surface area contributed by atoms with E-state index in [1.165, 1.54) is 6.26 Å². The van der Waals surface area contributed by atoms with E-state index in [1.807, 2.05) is 13.8 Å². The first-order valence-electron chi connectivity index (χ1n) is 8.46. The van der Waals surface area contributed by atoms with Crippen LogP contribution in [0.3, 0.4) is 0 Å². The van der Waals surface area contributed by atoms with Crippen LogP contribution < -0.4 is 0 Å². The third-order valence-corrected chi connectivity index (χ3v) is 4.02. The Bertz CT molecular complexity index is 893. The van der Waals surface area contributed by atoms with Gasteiger partial charge in [-0.1, -0.05) is 11.6 Å². The molecule has 0 spiro atoms. The van der Waals surface area contributed by atoms with E-state index < -0.39 is 35.0 Å². The van der Waals surface area contributed by atoms with Crippen LogP contribution in [-0.2, 0) is 9.53 Å². The second-order valence-electron chi connectivity index (χ2n) is 6.85. The number of phenols is 2. The topological polar surface area (TPSA) is 101 Å². The first kappa shape index (κ1) is 20.2. The van der Waals surface area contributed by atoms with Gasteiger partial charge in [-0.25, -0.2) is 0 Å². The molecule has 6 nitrogen and oxygen atoms in total. The molecule has 0 aromatic heterocycles. The Morgan fingerprint density at radius 2 is 1.63 bits per heavy atom. The van der Waals surface area contributed by atoms with E-state index in [-0.39, 0.29) is 23.1 Å². The van der Waals surface area contributed by atoms with Crippen LogP contribution in [0.5, 0.6) is 11.5 Å². The zero-order chi connectivity index (χ0) is 20.3. The average molecular weight is 370 g/mol. The van der Waals surface area contributed by atoms with Gasteiger partial charge in [0, 0.05) is 5.57 Å². The number of rotatable bonds is 5. The molecule has 142 valence electrons. The summed E-state index contributed by atoms with van der Waals surface area (Å²) in [5, 5.41) is 20.0. The monoisotopic (exact) mass is 370 g/mol. The molecule has 0 radical (unpaired) electrons. The second kappa shape index (κ2) is 8.03. The highest BCUT2D eigenvalue weighted by Gasteiger charge is 2.37. The molecule has 0 aliphatic heterocycles. The van der Waals surface area contributed by atoms with Crippen LogP contribution in [0.2, 0.25) is 0 Å². The van der Waals surface area contributed by atoms with Crippen molar-refractivity contribution >= 4 is 17.5 Å². The molecule has 27 heavy (non-hydrogen) atoms. The van der Waals surface area contributed by atoms with Crippen molar-refractivity contribution in [3.8, 4) is 11.5 Å². The third-order valence-electron chi connectivity index (χ3n) is 4.02. The Balaban J connectivity index is 2.52. The van der Waals surface area contributed by atoms with Crippen molar-refractivity contribution in [2.24, 2.45) is 5.92 Å². The number of fused-ring (bicyclic) bond motifs is 1. The standard InChI is InChI=1S/C21H22O6/c1-11(2)5-6-13(21(26)27-10-12(3)4)14-9-17(24)18-15(22)7-8-16(23)19(18)20(14)25/h5,7-10,13,22-23H,6H2,1-4H3. The largest absolute Gasteiger partial charge is 0.507 e. The van der Waals surface area contributed by atoms with E-state index in [9.17, 15) is 24.6 Å². The van der Waals surface area contributed by atoms with Gasteiger partial charge in [-0.05, 0) is 57.9 Å². The summed E-state index contributed by atoms with van der Waals surface area (Å²) in [5.74, 6) is -3.84. The number of ether oxygens (including phenoxy) is 1. The molecule has 0 saturated heterocycles. The van der Waals surface area contributed by atoms with Crippen LogP contribution in [0.15, 0.2) is 47.3 Å². The normalized spacial score (nSPS) is 14.0. The smallest absolute Gasteiger partial charge is 0.318 e. The second-order valence-corrected chi connectivity index (χ2v) is 6.85. The van der Waals surface area contributed by atoms with Crippen LogP contribution in [0.1, 0.15) is 54.8 Å². The van der Waals surface area contributed by atoms with Crippen molar-refractivity contribution < 1.29 is 29.3 Å². The molecular weight excluding hydrogens is 348 g/mol. The maximum atomic E-state index is 12.9. The fourth-order valence-electron chi connectivity index (χ4n) is 2.70. The number of Topliss-reactive ketones (excluding diaryl/α,β-unsaturated/α-hetero) is 1. The molecular formula is C21H22O6. The summed E-state index contributed by atoms with van der Waals surface area (Å²) in [6, 6.07) is 2.27. The number of ketones is 2. The van der Waals surface area contributed by atoms with E-state index >= 15 is 0 Å². The number of hydrogen-bond acceptors (Lipinski definition) is 6. The summed E-state index contributed by atoms with van der Waals surface area (Å²) in [6.07, 6.45) is 4.25. The highest BCUT2D eigenvalue weighted by Crippen LogP contribution is 2.37. The molecule has 0 fully saturated rings. The molecule has 6 heteroatoms. The van der Waals surface area contributed by atoms with Gasteiger partial charge in [-0.2, -0.15) is 0 Å². The van der Waals surface area contributed by atoms with Gasteiger partial charge in [0.15, 0.2) is 11.6 Å². The molecule has 1 unspecified atom stereocenters. The van der Waals surface area contributed by atoms with Gasteiger partial charge < -0.3 is 14.9 Å². The SMILES string of the molecule is CC(C)=CCC(C(=O)OC=C(C)C)C1=CC(=O)c2c(O)ccc(O)c2C1=O. The molecule has 1 aromatic carbocycles. The number of carbonyl (C=O) groups is 3. The molecule has 1 aromatic rings. The molecule has 2 N–H and O–H groups in total. The maximum Gasteiger partial charge on any atom is 0.318 e. The first-order chi connectivity index (χ1) is 12.6. The van der Waals surface area contributed by atoms with E-state index in [1.54, 1.807) is 19.9 Å². The van der Waals surface area contributed by atoms with Gasteiger partial charge in [-0.15, -0.1) is 0 Å². The number of aromatic hydroxyl groups is 2. The highest BCUT2D eigenvalue weighted by atomic mass is 16.5. The fraction of sp³-hybridized carbons (Fsp3) is 0.286. The maximum absolute atomic E-state index is 12.9. The number of phenolic OH excluding ortho intramolecular Hbond substituents is 2. The Labute approximate surface area is 157 Å². The molecule has 0 saturated carbocycles. The molecule has 1 atom stereocenters. The number of allylic oxidation sites excluding steroid dienone is 4. The fourth-order valence-corrected chi connectivity index (χ4v) is 2.70. The van der Waals surface area contributed by atoms with Crippen molar-refractivity contribution in [2.45, 2.75) is 34.1 Å². The summed E-state index contributed by atoms with van der Waals surface area (Å²) >= 11 is 0. The van der Waals surface area contributed by atoms with Gasteiger partial charge in [0.1, 0.15) is 11.5 Å². The van der Waals surface area contributed by atoms with Crippen LogP contribution in [0, 0.1) is 5.92 Å². The van der Waals surface area contributed by atoms with Gasteiger partial charge in [0.05, 0.1) is 23.3 Å². The van der Waals surface area contributed by atoms with E-state index in [2.05, 4.69) is 0 Å². The van der Waals surface area contributed by atoms with Crippen molar-refractivity contribution in [1.82, 2.24) is 0 Å². The van der Waals surface area contributed by atoms with Crippen molar-refractivity contribution in [3.05, 3.63) is 58.4 Å². The predicted octanol–water partition coefficient (Wildman–Crippen LogP) is 3.84. The van der Waals surface area contributed by atoms with Crippen LogP contribution >= 0.6 is 0 Å². The molecule has 0 amide bonds. The van der Waals surface area contributed by atoms with E-state index in [4.69, 9.17) is 4.74 Å². The summed E-state index contributed by atoms with van der Waals surface area (Å²) < 4.78 is 5.13. The zero-order valence-electron chi connectivity index (χ0n) is 15.7. The number of benzene rings is 1. The van der Waals surface area contributed by atoms with Gasteiger partial charge >= 0.3 is 5.97 Å². The summed E-state index contributed by atoms with van der Waals surface area (Å²) in [6.45, 7) is 7.20. The Morgan fingerprint density at radius 3 is 2.19 bits per heavy atom. The first-order valence-corrected chi connectivity index (χ1v) is 8.46. The summed E-state index contributed by atoms with van der Waals surface area (Å²) in [7, 11) is 0. The molecule has 0 heterocycles. The lowest BCUT2D eigenvalue weighted by molar-refractivity contribution is -0.141. The highest BCUT2D eigenvalue weighted by molar-refractivity contribution is 6.27. The van der Waals surface area contributed by atoms with E-state index in [0.717, 1.165) is 29.4 Å². The lowest BCUT2D eigenvalue weighted by Crippen LogP contribution is -2.27. The Hall–Kier alpha value is -3.15. The number of carbonyl (C=O) groups excluding carboxylic acids is 3. The predicted molar refractivity (Wildman–Crippen MR) is 99.6 cm³/mol. The molecule has 0 bridgehead atoms. The average Bonchev–Trinajstić information content (AvgIpc) is 2.58. The quantitative estimate of drug-likeness (QED) is 0.353. The molecule has 1 aliphatic carbocycles. The Kier molecular flexibility index (Phi) is 6.00. The number of esters is 1. The molecule has 1 aliphatic rings. The van der Waals surface area contributed by atoms with Gasteiger partial charge in [0.25, 0.3) is 0 Å². The lowest BCUT2D eigenvalue weighted by Gasteiger charge is -2.22.